The van der Waals surface area contributed by atoms with Crippen molar-refractivity contribution < 1.29 is 5.11 Å². The van der Waals surface area contributed by atoms with Crippen molar-refractivity contribution in [1.29, 1.82) is 0 Å². The fourth-order valence-electron chi connectivity index (χ4n) is 10.4. The molecule has 2 saturated carbocycles. The van der Waals surface area contributed by atoms with Gasteiger partial charge in [0.05, 0.1) is 6.10 Å². The van der Waals surface area contributed by atoms with Crippen molar-refractivity contribution >= 4 is 0 Å². The fourth-order valence-corrected chi connectivity index (χ4v) is 10.4. The lowest BCUT2D eigenvalue weighted by Crippen LogP contribution is -2.58. The van der Waals surface area contributed by atoms with E-state index in [-0.39, 0.29) is 16.9 Å². The van der Waals surface area contributed by atoms with Crippen LogP contribution in [0.1, 0.15) is 139 Å². The zero-order chi connectivity index (χ0) is 25.8. The summed E-state index contributed by atoms with van der Waals surface area (Å²) in [6.07, 6.45) is 17.9. The van der Waals surface area contributed by atoms with E-state index in [0.717, 1.165) is 18.3 Å². The van der Waals surface area contributed by atoms with E-state index in [4.69, 9.17) is 0 Å². The Hall–Kier alpha value is -0.560. The maximum atomic E-state index is 11.3. The van der Waals surface area contributed by atoms with Gasteiger partial charge in [-0.25, -0.2) is 0 Å². The minimum atomic E-state index is -0.147. The van der Waals surface area contributed by atoms with Crippen molar-refractivity contribution in [3.63, 3.8) is 0 Å². The Morgan fingerprint density at radius 2 is 1.74 bits per heavy atom. The van der Waals surface area contributed by atoms with Gasteiger partial charge >= 0.3 is 0 Å². The Balaban J connectivity index is 1.70. The van der Waals surface area contributed by atoms with Gasteiger partial charge in [-0.15, -0.1) is 0 Å². The molecule has 0 aromatic heterocycles. The van der Waals surface area contributed by atoms with Crippen LogP contribution in [-0.4, -0.2) is 11.2 Å². The molecule has 1 N–H and O–H groups in total. The monoisotopic (exact) mass is 482 g/mol. The maximum Gasteiger partial charge on any atom is 0.0597 e. The zero-order valence-corrected chi connectivity index (χ0v) is 24.9. The molecule has 1 heteroatoms. The summed E-state index contributed by atoms with van der Waals surface area (Å²) in [6, 6.07) is 0. The van der Waals surface area contributed by atoms with E-state index in [0.29, 0.717) is 22.7 Å². The lowest BCUT2D eigenvalue weighted by molar-refractivity contribution is -0.129. The summed E-state index contributed by atoms with van der Waals surface area (Å²) in [5, 5.41) is 11.3. The van der Waals surface area contributed by atoms with Crippen LogP contribution in [0.15, 0.2) is 22.8 Å². The van der Waals surface area contributed by atoms with Crippen LogP contribution in [0.3, 0.4) is 0 Å². The third-order valence-corrected chi connectivity index (χ3v) is 12.9. The van der Waals surface area contributed by atoms with Gasteiger partial charge in [0, 0.05) is 0 Å². The van der Waals surface area contributed by atoms with Gasteiger partial charge in [0.1, 0.15) is 0 Å². The normalized spacial score (nSPS) is 43.3. The summed E-state index contributed by atoms with van der Waals surface area (Å²) in [5.41, 5.74) is 6.38. The van der Waals surface area contributed by atoms with Crippen LogP contribution in [0.2, 0.25) is 0 Å². The molecule has 8 atom stereocenters. The van der Waals surface area contributed by atoms with Gasteiger partial charge in [0.25, 0.3) is 0 Å². The van der Waals surface area contributed by atoms with Gasteiger partial charge in [0.15, 0.2) is 0 Å². The Morgan fingerprint density at radius 3 is 2.40 bits per heavy atom. The molecular formula is C34H58O. The second kappa shape index (κ2) is 9.63. The number of hydrogen-bond acceptors (Lipinski definition) is 1. The van der Waals surface area contributed by atoms with Crippen molar-refractivity contribution in [3.8, 4) is 0 Å². The minimum Gasteiger partial charge on any atom is -0.393 e. The van der Waals surface area contributed by atoms with Gasteiger partial charge in [0.2, 0.25) is 0 Å². The number of aliphatic hydroxyl groups is 1. The molecule has 4 aliphatic rings. The van der Waals surface area contributed by atoms with Crippen LogP contribution in [0, 0.1) is 45.3 Å². The van der Waals surface area contributed by atoms with Crippen molar-refractivity contribution in [2.75, 3.05) is 0 Å². The van der Waals surface area contributed by atoms with E-state index in [2.05, 4.69) is 68.4 Å². The van der Waals surface area contributed by atoms with E-state index >= 15 is 0 Å². The molecule has 35 heavy (non-hydrogen) atoms. The molecule has 0 aliphatic heterocycles. The predicted octanol–water partition coefficient (Wildman–Crippen LogP) is 9.90. The van der Waals surface area contributed by atoms with Gasteiger partial charge in [-0.05, 0) is 123 Å². The number of unbranched alkanes of at least 4 members (excludes halogenated alkanes) is 1. The Bertz CT molecular complexity index is 843. The van der Waals surface area contributed by atoms with E-state index in [1.54, 1.807) is 0 Å². The summed E-state index contributed by atoms with van der Waals surface area (Å²) in [4.78, 5) is 0. The molecular weight excluding hydrogens is 424 g/mol. The van der Waals surface area contributed by atoms with Crippen molar-refractivity contribution in [2.24, 2.45) is 45.3 Å². The average Bonchev–Trinajstić information content (AvgIpc) is 3.06. The first-order chi connectivity index (χ1) is 16.3. The molecule has 0 spiro atoms. The SMILES string of the molecule is CCCCC1CC(O)C(C)(C)C2CCC3=C(CC[C@]4(C)[C@@H]([C@H](C)CCC=C(C)C)CC[C@@]34C)[C@@]12C. The average molecular weight is 483 g/mol. The maximum absolute atomic E-state index is 11.3. The number of fused-ring (bicyclic) bond motifs is 4. The zero-order valence-electron chi connectivity index (χ0n) is 24.9. The summed E-state index contributed by atoms with van der Waals surface area (Å²) >= 11 is 0. The van der Waals surface area contributed by atoms with Crippen LogP contribution in [-0.2, 0) is 0 Å². The first kappa shape index (κ1) is 27.5. The topological polar surface area (TPSA) is 20.2 Å². The van der Waals surface area contributed by atoms with Gasteiger partial charge in [-0.2, -0.15) is 0 Å². The van der Waals surface area contributed by atoms with Gasteiger partial charge < -0.3 is 5.11 Å². The van der Waals surface area contributed by atoms with Crippen LogP contribution in [0.25, 0.3) is 0 Å². The van der Waals surface area contributed by atoms with Crippen LogP contribution in [0.5, 0.6) is 0 Å². The Kier molecular flexibility index (Phi) is 7.56. The first-order valence-corrected chi connectivity index (χ1v) is 15.4. The van der Waals surface area contributed by atoms with Crippen molar-refractivity contribution in [2.45, 2.75) is 145 Å². The molecule has 0 amide bonds. The smallest absolute Gasteiger partial charge is 0.0597 e. The van der Waals surface area contributed by atoms with Gasteiger partial charge in [-0.3, -0.25) is 0 Å². The highest BCUT2D eigenvalue weighted by molar-refractivity contribution is 5.39. The largest absolute Gasteiger partial charge is 0.393 e. The van der Waals surface area contributed by atoms with Crippen molar-refractivity contribution in [1.82, 2.24) is 0 Å². The second-order valence-electron chi connectivity index (χ2n) is 15.0. The lowest BCUT2D eigenvalue weighted by Gasteiger charge is -2.64. The molecule has 0 radical (unpaired) electrons. The molecule has 2 fully saturated rings. The summed E-state index contributed by atoms with van der Waals surface area (Å²) in [7, 11) is 0. The number of rotatable bonds is 7. The Morgan fingerprint density at radius 1 is 1.03 bits per heavy atom. The van der Waals surface area contributed by atoms with E-state index in [1.807, 2.05) is 11.1 Å². The highest BCUT2D eigenvalue weighted by Gasteiger charge is 2.64. The molecule has 4 rings (SSSR count). The number of hydrogen-bond donors (Lipinski definition) is 1. The molecule has 0 saturated heterocycles. The van der Waals surface area contributed by atoms with Gasteiger partial charge in [-0.1, -0.05) is 84.1 Å². The number of allylic oxidation sites excluding steroid dienone is 4. The summed E-state index contributed by atoms with van der Waals surface area (Å²) < 4.78 is 0. The highest BCUT2D eigenvalue weighted by atomic mass is 16.3. The predicted molar refractivity (Wildman–Crippen MR) is 151 cm³/mol. The quantitative estimate of drug-likeness (QED) is 0.358. The van der Waals surface area contributed by atoms with Crippen LogP contribution >= 0.6 is 0 Å². The molecule has 0 aromatic carbocycles. The first-order valence-electron chi connectivity index (χ1n) is 15.4. The minimum absolute atomic E-state index is 0.0231. The van der Waals surface area contributed by atoms with E-state index < -0.39 is 0 Å². The molecule has 4 aliphatic carbocycles. The molecule has 0 bridgehead atoms. The lowest BCUT2D eigenvalue weighted by atomic mass is 9.41. The standard InChI is InChI=1S/C34H58O/c1-10-11-15-25-22-30(35)31(5,6)29-17-16-27-28(34(25,29)9)19-21-32(7)26(18-20-33(27,32)8)24(4)14-12-13-23(2)3/h13,24-26,29-30,35H,10-12,14-22H2,1-9H3/t24-,25?,26-,29?,30?,32-,33+,34-/m1/s1. The molecule has 200 valence electrons. The molecule has 0 heterocycles. The van der Waals surface area contributed by atoms with Crippen molar-refractivity contribution in [3.05, 3.63) is 22.8 Å². The summed E-state index contributed by atoms with van der Waals surface area (Å²) in [6.45, 7) is 22.2. The van der Waals surface area contributed by atoms with E-state index in [1.165, 1.54) is 76.2 Å². The number of aliphatic hydroxyl groups excluding tert-OH is 1. The second-order valence-corrected chi connectivity index (χ2v) is 15.0. The summed E-state index contributed by atoms with van der Waals surface area (Å²) in [5.74, 6) is 2.94. The fraction of sp³-hybridized carbons (Fsp3) is 0.882. The highest BCUT2D eigenvalue weighted by Crippen LogP contribution is 2.73. The van der Waals surface area contributed by atoms with E-state index in [9.17, 15) is 5.11 Å². The van der Waals surface area contributed by atoms with Crippen LogP contribution in [0.4, 0.5) is 0 Å². The van der Waals surface area contributed by atoms with Crippen LogP contribution < -0.4 is 0 Å². The third kappa shape index (κ3) is 4.13. The molecule has 0 aromatic rings. The molecule has 1 nitrogen and oxygen atoms in total. The third-order valence-electron chi connectivity index (χ3n) is 12.9. The Labute approximate surface area is 218 Å². The molecule has 3 unspecified atom stereocenters.